The van der Waals surface area contributed by atoms with E-state index in [1.807, 2.05) is 0 Å². The minimum absolute atomic E-state index is 0.0239. The number of nitrogens with one attached hydrogen (secondary N) is 1. The summed E-state index contributed by atoms with van der Waals surface area (Å²) < 4.78 is 69.4. The Bertz CT molecular complexity index is 1300. The van der Waals surface area contributed by atoms with Gasteiger partial charge in [-0.1, -0.05) is 12.2 Å². The summed E-state index contributed by atoms with van der Waals surface area (Å²) >= 11 is 0. The summed E-state index contributed by atoms with van der Waals surface area (Å²) in [6.07, 6.45) is 3.32. The number of hydrogen-bond donors (Lipinski definition) is 1. The Morgan fingerprint density at radius 1 is 0.743 bits per heavy atom. The van der Waals surface area contributed by atoms with Crippen LogP contribution in [0.4, 0.5) is 10.1 Å². The molecule has 0 heterocycles. The third-order valence-corrected chi connectivity index (χ3v) is 6.46. The second-order valence-corrected chi connectivity index (χ2v) is 8.80. The van der Waals surface area contributed by atoms with E-state index in [1.165, 1.54) is 71.9 Å². The van der Waals surface area contributed by atoms with Gasteiger partial charge in [-0.2, -0.15) is 0 Å². The molecule has 0 aliphatic rings. The van der Waals surface area contributed by atoms with Gasteiger partial charge in [0.25, 0.3) is 10.0 Å². The molecule has 35 heavy (non-hydrogen) atoms. The van der Waals surface area contributed by atoms with Crippen LogP contribution in [0.1, 0.15) is 11.1 Å². The molecule has 0 atom stereocenters. The van der Waals surface area contributed by atoms with Gasteiger partial charge in [0.15, 0.2) is 23.1 Å². The molecule has 0 aromatic heterocycles. The van der Waals surface area contributed by atoms with Gasteiger partial charge in [-0.15, -0.1) is 0 Å². The van der Waals surface area contributed by atoms with Gasteiger partial charge in [-0.3, -0.25) is 4.72 Å². The summed E-state index contributed by atoms with van der Waals surface area (Å²) in [4.78, 5) is -0.0239. The molecule has 0 spiro atoms. The fourth-order valence-electron chi connectivity index (χ4n) is 3.35. The summed E-state index contributed by atoms with van der Waals surface area (Å²) in [5, 5.41) is 0. The zero-order chi connectivity index (χ0) is 25.6. The number of methoxy groups -OCH3 is 5. The molecule has 186 valence electrons. The Balaban J connectivity index is 2.05. The lowest BCUT2D eigenvalue weighted by atomic mass is 10.1. The van der Waals surface area contributed by atoms with E-state index in [0.717, 1.165) is 0 Å². The molecule has 3 rings (SSSR count). The number of hydrogen-bond acceptors (Lipinski definition) is 7. The maximum atomic E-state index is 14.5. The highest BCUT2D eigenvalue weighted by atomic mass is 32.2. The fourth-order valence-corrected chi connectivity index (χ4v) is 4.44. The van der Waals surface area contributed by atoms with Crippen LogP contribution in [0, 0.1) is 5.82 Å². The van der Waals surface area contributed by atoms with Gasteiger partial charge in [-0.25, -0.2) is 12.8 Å². The van der Waals surface area contributed by atoms with Gasteiger partial charge in [0, 0.05) is 5.56 Å². The van der Waals surface area contributed by atoms with E-state index in [2.05, 4.69) is 4.72 Å². The van der Waals surface area contributed by atoms with E-state index in [1.54, 1.807) is 24.3 Å². The van der Waals surface area contributed by atoms with Crippen molar-refractivity contribution in [3.63, 3.8) is 0 Å². The topological polar surface area (TPSA) is 92.3 Å². The van der Waals surface area contributed by atoms with Crippen molar-refractivity contribution in [2.45, 2.75) is 4.90 Å². The highest BCUT2D eigenvalue weighted by molar-refractivity contribution is 7.92. The maximum absolute atomic E-state index is 14.5. The highest BCUT2D eigenvalue weighted by Gasteiger charge is 2.21. The molecule has 0 fully saturated rings. The van der Waals surface area contributed by atoms with Crippen LogP contribution in [0.25, 0.3) is 12.2 Å². The summed E-state index contributed by atoms with van der Waals surface area (Å²) in [5.41, 5.74) is 0.993. The zero-order valence-corrected chi connectivity index (χ0v) is 20.7. The molecular weight excluding hydrogens is 477 g/mol. The van der Waals surface area contributed by atoms with E-state index in [0.29, 0.717) is 34.1 Å². The van der Waals surface area contributed by atoms with Crippen molar-refractivity contribution in [2.75, 3.05) is 40.3 Å². The van der Waals surface area contributed by atoms with Crippen molar-refractivity contribution in [3.05, 3.63) is 65.5 Å². The number of halogens is 1. The molecule has 1 N–H and O–H groups in total. The largest absolute Gasteiger partial charge is 0.497 e. The zero-order valence-electron chi connectivity index (χ0n) is 19.9. The Morgan fingerprint density at radius 3 is 1.86 bits per heavy atom. The molecule has 3 aromatic rings. The average Bonchev–Trinajstić information content (AvgIpc) is 2.87. The lowest BCUT2D eigenvalue weighted by Crippen LogP contribution is -2.15. The van der Waals surface area contributed by atoms with Gasteiger partial charge in [0.2, 0.25) is 5.75 Å². The van der Waals surface area contributed by atoms with Crippen molar-refractivity contribution in [2.24, 2.45) is 0 Å². The second kappa shape index (κ2) is 11.0. The molecule has 0 saturated heterocycles. The first-order valence-electron chi connectivity index (χ1n) is 10.3. The summed E-state index contributed by atoms with van der Waals surface area (Å²) in [5.74, 6) is 0.871. The SMILES string of the molecule is COc1ccc(S(=O)(=O)Nc2c(C=Cc3cc(OC)c(OC)c(OC)c3)ccc(F)c2OC)cc1. The molecule has 0 aliphatic carbocycles. The van der Waals surface area contributed by atoms with Gasteiger partial charge in [-0.05, 0) is 54.1 Å². The first kappa shape index (κ1) is 25.7. The number of sulfonamides is 1. The van der Waals surface area contributed by atoms with Crippen LogP contribution in [0.2, 0.25) is 0 Å². The van der Waals surface area contributed by atoms with Crippen molar-refractivity contribution in [1.82, 2.24) is 0 Å². The fraction of sp³-hybridized carbons (Fsp3) is 0.200. The molecular formula is C25H26FNO7S. The van der Waals surface area contributed by atoms with Crippen LogP contribution in [-0.2, 0) is 10.0 Å². The molecule has 8 nitrogen and oxygen atoms in total. The minimum Gasteiger partial charge on any atom is -0.497 e. The van der Waals surface area contributed by atoms with E-state index >= 15 is 0 Å². The minimum atomic E-state index is -4.07. The van der Waals surface area contributed by atoms with E-state index in [-0.39, 0.29) is 16.3 Å². The molecule has 0 aliphatic heterocycles. The molecule has 0 unspecified atom stereocenters. The van der Waals surface area contributed by atoms with Crippen LogP contribution in [0.3, 0.4) is 0 Å². The summed E-state index contributed by atoms with van der Waals surface area (Å²) in [7, 11) is 3.18. The number of anilines is 1. The predicted octanol–water partition coefficient (Wildman–Crippen LogP) is 4.84. The summed E-state index contributed by atoms with van der Waals surface area (Å²) in [6.45, 7) is 0. The quantitative estimate of drug-likeness (QED) is 0.396. The van der Waals surface area contributed by atoms with Gasteiger partial charge < -0.3 is 23.7 Å². The number of benzene rings is 3. The Kier molecular flexibility index (Phi) is 8.08. The first-order chi connectivity index (χ1) is 16.8. The Hall–Kier alpha value is -3.92. The first-order valence-corrected chi connectivity index (χ1v) is 11.8. The molecule has 0 bridgehead atoms. The van der Waals surface area contributed by atoms with Gasteiger partial charge >= 0.3 is 0 Å². The van der Waals surface area contributed by atoms with E-state index in [4.69, 9.17) is 23.7 Å². The molecule has 0 saturated carbocycles. The smallest absolute Gasteiger partial charge is 0.262 e. The van der Waals surface area contributed by atoms with Crippen LogP contribution in [0.5, 0.6) is 28.7 Å². The normalized spacial score (nSPS) is 11.3. The molecule has 0 amide bonds. The lowest BCUT2D eigenvalue weighted by molar-refractivity contribution is 0.324. The lowest BCUT2D eigenvalue weighted by Gasteiger charge is -2.16. The van der Waals surface area contributed by atoms with E-state index < -0.39 is 15.8 Å². The van der Waals surface area contributed by atoms with Crippen LogP contribution in [-0.4, -0.2) is 44.0 Å². The van der Waals surface area contributed by atoms with Crippen molar-refractivity contribution in [1.29, 1.82) is 0 Å². The van der Waals surface area contributed by atoms with Crippen LogP contribution < -0.4 is 28.4 Å². The van der Waals surface area contributed by atoms with Crippen molar-refractivity contribution in [3.8, 4) is 28.7 Å². The van der Waals surface area contributed by atoms with Gasteiger partial charge in [0.05, 0.1) is 40.4 Å². The third-order valence-electron chi connectivity index (χ3n) is 5.09. The molecule has 10 heteroatoms. The summed E-state index contributed by atoms with van der Waals surface area (Å²) in [6, 6.07) is 11.9. The number of rotatable bonds is 10. The standard InChI is InChI=1S/C25H26FNO7S/c1-30-18-9-11-19(12-10-18)35(28,29)27-23-17(8-13-20(26)24(23)33-4)7-6-16-14-21(31-2)25(34-5)22(15-16)32-3/h6-15,27H,1-5H3. The monoisotopic (exact) mass is 503 g/mol. The third kappa shape index (κ3) is 5.60. The Morgan fingerprint density at radius 2 is 1.34 bits per heavy atom. The van der Waals surface area contributed by atoms with Gasteiger partial charge in [0.1, 0.15) is 11.4 Å². The van der Waals surface area contributed by atoms with Crippen LogP contribution >= 0.6 is 0 Å². The molecule has 0 radical (unpaired) electrons. The van der Waals surface area contributed by atoms with Crippen molar-refractivity contribution < 1.29 is 36.5 Å². The molecule has 3 aromatic carbocycles. The van der Waals surface area contributed by atoms with Crippen LogP contribution in [0.15, 0.2) is 53.4 Å². The van der Waals surface area contributed by atoms with Crippen molar-refractivity contribution >= 4 is 27.9 Å². The average molecular weight is 504 g/mol. The second-order valence-electron chi connectivity index (χ2n) is 7.12. The highest BCUT2D eigenvalue weighted by Crippen LogP contribution is 2.39. The maximum Gasteiger partial charge on any atom is 0.262 e. The Labute approximate surface area is 203 Å². The van der Waals surface area contributed by atoms with E-state index in [9.17, 15) is 12.8 Å². The predicted molar refractivity (Wildman–Crippen MR) is 132 cm³/mol. The number of ether oxygens (including phenoxy) is 5.